The lowest BCUT2D eigenvalue weighted by Crippen LogP contribution is -2.31. The van der Waals surface area contributed by atoms with Gasteiger partial charge in [0.2, 0.25) is 0 Å². The SMILES string of the molecule is Nc1ccc(N)c(C(O)(CCC(O)CCC(O)CCCO)c2cc(N)ccc2N)c1. The van der Waals surface area contributed by atoms with Gasteiger partial charge in [0.15, 0.2) is 0 Å². The second kappa shape index (κ2) is 10.5. The Balaban J connectivity index is 2.25. The second-order valence-corrected chi connectivity index (χ2v) is 7.84. The summed E-state index contributed by atoms with van der Waals surface area (Å²) >= 11 is 0. The lowest BCUT2D eigenvalue weighted by Gasteiger charge is -2.33. The highest BCUT2D eigenvalue weighted by molar-refractivity contribution is 5.65. The molecule has 0 saturated carbocycles. The highest BCUT2D eigenvalue weighted by atomic mass is 16.3. The lowest BCUT2D eigenvalue weighted by atomic mass is 9.79. The van der Waals surface area contributed by atoms with Crippen molar-refractivity contribution in [3.63, 3.8) is 0 Å². The predicted octanol–water partition coefficient (Wildman–Crippen LogP) is 1.31. The Hall–Kier alpha value is -2.52. The van der Waals surface area contributed by atoms with Crippen LogP contribution in [0.2, 0.25) is 0 Å². The molecule has 0 aliphatic rings. The number of rotatable bonds is 11. The first-order valence-corrected chi connectivity index (χ1v) is 10.2. The van der Waals surface area contributed by atoms with Gasteiger partial charge in [-0.05, 0) is 74.9 Å². The van der Waals surface area contributed by atoms with Crippen LogP contribution in [-0.2, 0) is 5.60 Å². The topological polar surface area (TPSA) is 185 Å². The van der Waals surface area contributed by atoms with Crippen molar-refractivity contribution in [2.45, 2.75) is 56.3 Å². The first kappa shape index (κ1) is 23.8. The number of aliphatic hydroxyl groups excluding tert-OH is 3. The van der Waals surface area contributed by atoms with E-state index in [4.69, 9.17) is 28.0 Å². The normalized spacial score (nSPS) is 13.9. The third-order valence-electron chi connectivity index (χ3n) is 5.41. The minimum atomic E-state index is -1.60. The van der Waals surface area contributed by atoms with Crippen LogP contribution in [0.4, 0.5) is 22.7 Å². The van der Waals surface area contributed by atoms with E-state index in [-0.39, 0.29) is 19.4 Å². The summed E-state index contributed by atoms with van der Waals surface area (Å²) < 4.78 is 0. The maximum absolute atomic E-state index is 11.7. The van der Waals surface area contributed by atoms with Crippen molar-refractivity contribution in [3.05, 3.63) is 47.5 Å². The van der Waals surface area contributed by atoms with Crippen LogP contribution in [0.15, 0.2) is 36.4 Å². The molecule has 0 aliphatic heterocycles. The molecule has 2 unspecified atom stereocenters. The molecule has 0 spiro atoms. The maximum Gasteiger partial charge on any atom is 0.119 e. The summed E-state index contributed by atoms with van der Waals surface area (Å²) in [5.74, 6) is 0. The number of anilines is 4. The molecule has 2 aromatic carbocycles. The van der Waals surface area contributed by atoms with E-state index in [0.717, 1.165) is 0 Å². The Bertz CT molecular complexity index is 779. The van der Waals surface area contributed by atoms with Crippen LogP contribution in [-0.4, -0.2) is 39.2 Å². The molecule has 8 nitrogen and oxygen atoms in total. The highest BCUT2D eigenvalue weighted by Gasteiger charge is 2.36. The van der Waals surface area contributed by atoms with Gasteiger partial charge < -0.3 is 43.4 Å². The van der Waals surface area contributed by atoms with Crippen LogP contribution in [0.1, 0.15) is 49.7 Å². The van der Waals surface area contributed by atoms with Gasteiger partial charge in [-0.1, -0.05) is 0 Å². The smallest absolute Gasteiger partial charge is 0.119 e. The Labute approximate surface area is 177 Å². The Kier molecular flexibility index (Phi) is 8.31. The van der Waals surface area contributed by atoms with E-state index < -0.39 is 17.8 Å². The highest BCUT2D eigenvalue weighted by Crippen LogP contribution is 2.41. The van der Waals surface area contributed by atoms with Crippen molar-refractivity contribution in [2.24, 2.45) is 0 Å². The van der Waals surface area contributed by atoms with Crippen molar-refractivity contribution in [3.8, 4) is 0 Å². The van der Waals surface area contributed by atoms with Gasteiger partial charge in [0.05, 0.1) is 12.2 Å². The summed E-state index contributed by atoms with van der Waals surface area (Å²) in [4.78, 5) is 0. The minimum absolute atomic E-state index is 0.0237. The Morgan fingerprint density at radius 1 is 0.733 bits per heavy atom. The van der Waals surface area contributed by atoms with Crippen molar-refractivity contribution in [1.29, 1.82) is 0 Å². The van der Waals surface area contributed by atoms with E-state index in [1.165, 1.54) is 0 Å². The molecule has 0 aliphatic carbocycles. The summed E-state index contributed by atoms with van der Waals surface area (Å²) in [5.41, 5.74) is 24.9. The molecule has 166 valence electrons. The van der Waals surface area contributed by atoms with Gasteiger partial charge in [0.1, 0.15) is 5.60 Å². The summed E-state index contributed by atoms with van der Waals surface area (Å²) in [5, 5.41) is 40.9. The van der Waals surface area contributed by atoms with E-state index >= 15 is 0 Å². The van der Waals surface area contributed by atoms with E-state index in [9.17, 15) is 15.3 Å². The van der Waals surface area contributed by atoms with Gasteiger partial charge in [-0.3, -0.25) is 0 Å². The van der Waals surface area contributed by atoms with Gasteiger partial charge >= 0.3 is 0 Å². The Morgan fingerprint density at radius 3 is 1.67 bits per heavy atom. The van der Waals surface area contributed by atoms with E-state index in [0.29, 0.717) is 59.6 Å². The number of hydrogen-bond donors (Lipinski definition) is 8. The molecule has 12 N–H and O–H groups in total. The zero-order chi connectivity index (χ0) is 22.3. The van der Waals surface area contributed by atoms with Crippen LogP contribution in [0.3, 0.4) is 0 Å². The Morgan fingerprint density at radius 2 is 1.20 bits per heavy atom. The molecular weight excluding hydrogens is 384 g/mol. The molecular formula is C22H34N4O4. The summed E-state index contributed by atoms with van der Waals surface area (Å²) in [6.07, 6.45) is 0.799. The molecule has 0 saturated heterocycles. The summed E-state index contributed by atoms with van der Waals surface area (Å²) in [7, 11) is 0. The fraction of sp³-hybridized carbons (Fsp3) is 0.455. The third kappa shape index (κ3) is 5.99. The molecule has 0 bridgehead atoms. The number of hydrogen-bond acceptors (Lipinski definition) is 8. The quantitative estimate of drug-likeness (QED) is 0.251. The van der Waals surface area contributed by atoms with Crippen LogP contribution in [0.5, 0.6) is 0 Å². The van der Waals surface area contributed by atoms with E-state index in [1.807, 2.05) is 0 Å². The van der Waals surface area contributed by atoms with Crippen LogP contribution in [0, 0.1) is 0 Å². The van der Waals surface area contributed by atoms with Gasteiger partial charge in [0.25, 0.3) is 0 Å². The number of benzene rings is 2. The number of aliphatic hydroxyl groups is 4. The van der Waals surface area contributed by atoms with Crippen LogP contribution >= 0.6 is 0 Å². The summed E-state index contributed by atoms with van der Waals surface area (Å²) in [6, 6.07) is 9.72. The molecule has 0 amide bonds. The lowest BCUT2D eigenvalue weighted by molar-refractivity contribution is 0.0425. The number of nitrogen functional groups attached to an aromatic ring is 4. The third-order valence-corrected chi connectivity index (χ3v) is 5.41. The fourth-order valence-electron chi connectivity index (χ4n) is 3.65. The van der Waals surface area contributed by atoms with Crippen LogP contribution < -0.4 is 22.9 Å². The van der Waals surface area contributed by atoms with Crippen molar-refractivity contribution < 1.29 is 20.4 Å². The van der Waals surface area contributed by atoms with E-state index in [1.54, 1.807) is 36.4 Å². The predicted molar refractivity (Wildman–Crippen MR) is 120 cm³/mol. The van der Waals surface area contributed by atoms with Crippen molar-refractivity contribution in [1.82, 2.24) is 0 Å². The standard InChI is InChI=1S/C22H34N4O4/c23-14-3-7-20(25)18(12-14)22(30,19-13-15(24)4-8-21(19)26)10-9-17(29)6-5-16(28)2-1-11-27/h3-4,7-8,12-13,16-17,27-30H,1-2,5-6,9-11,23-26H2. The fourth-order valence-corrected chi connectivity index (χ4v) is 3.65. The second-order valence-electron chi connectivity index (χ2n) is 7.84. The molecule has 2 aromatic rings. The monoisotopic (exact) mass is 418 g/mol. The molecule has 30 heavy (non-hydrogen) atoms. The average molecular weight is 419 g/mol. The molecule has 0 heterocycles. The van der Waals surface area contributed by atoms with Gasteiger partial charge in [-0.2, -0.15) is 0 Å². The van der Waals surface area contributed by atoms with Gasteiger partial charge in [0, 0.05) is 40.5 Å². The molecule has 8 heteroatoms. The molecule has 0 radical (unpaired) electrons. The molecule has 2 rings (SSSR count). The molecule has 0 fully saturated rings. The summed E-state index contributed by atoms with van der Waals surface area (Å²) in [6.45, 7) is 0.0237. The number of nitrogens with two attached hydrogens (primary N) is 4. The van der Waals surface area contributed by atoms with Crippen molar-refractivity contribution >= 4 is 22.7 Å². The average Bonchev–Trinajstić information content (AvgIpc) is 2.72. The van der Waals surface area contributed by atoms with Gasteiger partial charge in [-0.15, -0.1) is 0 Å². The first-order chi connectivity index (χ1) is 14.2. The zero-order valence-electron chi connectivity index (χ0n) is 17.2. The maximum atomic E-state index is 11.7. The van der Waals surface area contributed by atoms with E-state index in [2.05, 4.69) is 0 Å². The molecule has 0 aromatic heterocycles. The zero-order valence-corrected chi connectivity index (χ0v) is 17.2. The van der Waals surface area contributed by atoms with Crippen molar-refractivity contribution in [2.75, 3.05) is 29.5 Å². The molecule has 2 atom stereocenters. The van der Waals surface area contributed by atoms with Crippen LogP contribution in [0.25, 0.3) is 0 Å². The largest absolute Gasteiger partial charge is 0.399 e. The van der Waals surface area contributed by atoms with Gasteiger partial charge in [-0.25, -0.2) is 0 Å². The first-order valence-electron chi connectivity index (χ1n) is 10.2. The minimum Gasteiger partial charge on any atom is -0.399 e.